The minimum Gasteiger partial charge on any atom is -0.462 e. The van der Waals surface area contributed by atoms with Crippen molar-refractivity contribution in [3.63, 3.8) is 0 Å². The van der Waals surface area contributed by atoms with Crippen LogP contribution in [-0.2, 0) is 32.7 Å². The first-order valence-electron chi connectivity index (χ1n) is 31.7. The van der Waals surface area contributed by atoms with E-state index >= 15 is 0 Å². The van der Waals surface area contributed by atoms with Crippen LogP contribution in [0.3, 0.4) is 0 Å². The van der Waals surface area contributed by atoms with Crippen molar-refractivity contribution in [3.05, 3.63) is 134 Å². The third kappa shape index (κ3) is 63.2. The maximum absolute atomic E-state index is 12.7. The average Bonchev–Trinajstić information content (AvgIpc) is 3.44. The van der Waals surface area contributed by atoms with Gasteiger partial charge in [0, 0.05) is 19.4 Å². The predicted molar refractivity (Wildman–Crippen MR) is 339 cm³/mol. The Hall–Kier alpha value is -3.85. The highest BCUT2D eigenvalue weighted by molar-refractivity contribution is 7.47. The lowest BCUT2D eigenvalue weighted by Crippen LogP contribution is -2.29. The van der Waals surface area contributed by atoms with Gasteiger partial charge in [-0.25, -0.2) is 4.57 Å². The summed E-state index contributed by atoms with van der Waals surface area (Å²) in [5, 5.41) is 0. The van der Waals surface area contributed by atoms with E-state index in [-0.39, 0.29) is 32.6 Å². The minimum absolute atomic E-state index is 0.0415. The normalized spacial score (nSPS) is 13.9. The molecule has 2 unspecified atom stereocenters. The molecule has 0 aliphatic rings. The molecule has 0 bridgehead atoms. The van der Waals surface area contributed by atoms with Gasteiger partial charge in [-0.15, -0.1) is 0 Å². The number of hydrogen-bond donors (Lipinski definition) is 2. The number of phosphoric ester groups is 1. The van der Waals surface area contributed by atoms with E-state index in [1.165, 1.54) is 122 Å². The summed E-state index contributed by atoms with van der Waals surface area (Å²) in [5.74, 6) is -0.896. The molecule has 9 nitrogen and oxygen atoms in total. The van der Waals surface area contributed by atoms with E-state index < -0.39 is 32.5 Å². The second kappa shape index (κ2) is 63.3. The standard InChI is InChI=1S/C69H116NO8P/c1-3-5-7-9-11-13-15-17-19-21-22-23-24-25-26-27-28-29-30-31-32-33-34-35-36-37-38-39-40-41-42-43-44-46-48-50-52-54-56-58-60-62-69(72)78-67(66-77-79(73,74)76-64-63-70)65-75-68(71)61-59-57-55-53-51-49-47-45-20-18-16-14-12-10-8-6-4-2/h5-8,11-14,17-20,22-23,25-26,28-29,47,49,53,55,67H,3-4,9-10,15-16,21,24,27,30-46,48,50-52,54,56-66,70H2,1-2H3,(H,73,74)/b7-5-,8-6-,13-11-,14-12-,19-17-,20-18-,23-22-,26-25-,29-28-,49-47-,55-53-. The molecule has 450 valence electrons. The van der Waals surface area contributed by atoms with Gasteiger partial charge in [0.25, 0.3) is 0 Å². The lowest BCUT2D eigenvalue weighted by molar-refractivity contribution is -0.161. The minimum atomic E-state index is -4.41. The van der Waals surface area contributed by atoms with Crippen LogP contribution in [0.4, 0.5) is 0 Å². The number of ether oxygens (including phenoxy) is 2. The van der Waals surface area contributed by atoms with Gasteiger partial charge in [-0.05, 0) is 103 Å². The second-order valence-corrected chi connectivity index (χ2v) is 22.0. The molecule has 2 atom stereocenters. The second-order valence-electron chi connectivity index (χ2n) is 20.5. The number of esters is 2. The van der Waals surface area contributed by atoms with Gasteiger partial charge in [0.1, 0.15) is 6.61 Å². The molecule has 10 heteroatoms. The number of phosphoric acid groups is 1. The van der Waals surface area contributed by atoms with Crippen LogP contribution in [0.25, 0.3) is 0 Å². The quantitative estimate of drug-likeness (QED) is 0.0264. The molecule has 0 spiro atoms. The van der Waals surface area contributed by atoms with Crippen LogP contribution in [0.5, 0.6) is 0 Å². The van der Waals surface area contributed by atoms with Gasteiger partial charge >= 0.3 is 19.8 Å². The zero-order valence-electron chi connectivity index (χ0n) is 50.3. The fourth-order valence-electron chi connectivity index (χ4n) is 8.44. The molecule has 0 aliphatic carbocycles. The molecule has 0 fully saturated rings. The zero-order chi connectivity index (χ0) is 57.3. The molecule has 0 amide bonds. The summed E-state index contributed by atoms with van der Waals surface area (Å²) >= 11 is 0. The molecule has 3 N–H and O–H groups in total. The maximum atomic E-state index is 12.7. The Morgan fingerprint density at radius 2 is 0.671 bits per heavy atom. The lowest BCUT2D eigenvalue weighted by atomic mass is 10.0. The Morgan fingerprint density at radius 1 is 0.380 bits per heavy atom. The number of carbonyl (C=O) groups is 2. The fourth-order valence-corrected chi connectivity index (χ4v) is 9.21. The monoisotopic (exact) mass is 1120 g/mol. The molecular weight excluding hydrogens is 1000 g/mol. The third-order valence-corrected chi connectivity index (χ3v) is 14.0. The highest BCUT2D eigenvalue weighted by Gasteiger charge is 2.26. The summed E-state index contributed by atoms with van der Waals surface area (Å²) in [6, 6.07) is 0. The largest absolute Gasteiger partial charge is 0.472 e. The molecule has 0 aliphatic heterocycles. The summed E-state index contributed by atoms with van der Waals surface area (Å²) in [4.78, 5) is 35.2. The van der Waals surface area contributed by atoms with Crippen molar-refractivity contribution in [2.24, 2.45) is 5.73 Å². The van der Waals surface area contributed by atoms with E-state index in [4.69, 9.17) is 24.3 Å². The molecule has 79 heavy (non-hydrogen) atoms. The lowest BCUT2D eigenvalue weighted by Gasteiger charge is -2.19. The van der Waals surface area contributed by atoms with Crippen molar-refractivity contribution in [1.29, 1.82) is 0 Å². The van der Waals surface area contributed by atoms with Crippen molar-refractivity contribution in [1.82, 2.24) is 0 Å². The van der Waals surface area contributed by atoms with Crippen LogP contribution < -0.4 is 5.73 Å². The summed E-state index contributed by atoms with van der Waals surface area (Å²) in [6.45, 7) is 3.45. The SMILES string of the molecule is CC/C=C\C/C=C\C/C=C\C/C=C\C/C=C\C/C=C\CCCCCCCCCCCCCCCCCCCCCCCCC(=O)OC(COC(=O)CCC/C=C\C/C=C\C/C=C\C/C=C\C/C=C\CC)COP(=O)(O)OCCN. The number of carbonyl (C=O) groups excluding carboxylic acids is 2. The van der Waals surface area contributed by atoms with Crippen molar-refractivity contribution in [2.75, 3.05) is 26.4 Å². The van der Waals surface area contributed by atoms with Crippen molar-refractivity contribution in [3.8, 4) is 0 Å². The van der Waals surface area contributed by atoms with Crippen LogP contribution in [0, 0.1) is 0 Å². The van der Waals surface area contributed by atoms with Crippen LogP contribution in [0.1, 0.15) is 258 Å². The first-order valence-corrected chi connectivity index (χ1v) is 33.2. The Morgan fingerprint density at radius 3 is 1.01 bits per heavy atom. The van der Waals surface area contributed by atoms with Gasteiger partial charge in [-0.1, -0.05) is 276 Å². The Balaban J connectivity index is 3.86. The van der Waals surface area contributed by atoms with Gasteiger partial charge in [0.15, 0.2) is 6.10 Å². The number of hydrogen-bond acceptors (Lipinski definition) is 8. The topological polar surface area (TPSA) is 134 Å². The zero-order valence-corrected chi connectivity index (χ0v) is 51.2. The summed E-state index contributed by atoms with van der Waals surface area (Å²) in [7, 11) is -4.41. The number of allylic oxidation sites excluding steroid dienone is 22. The van der Waals surface area contributed by atoms with E-state index in [9.17, 15) is 19.0 Å². The Bertz CT molecular complexity index is 1750. The molecule has 0 aromatic rings. The fraction of sp³-hybridized carbons (Fsp3) is 0.652. The van der Waals surface area contributed by atoms with Gasteiger partial charge in [0.05, 0.1) is 13.2 Å². The Kier molecular flexibility index (Phi) is 60.2. The highest BCUT2D eigenvalue weighted by atomic mass is 31.2. The molecule has 0 rings (SSSR count). The third-order valence-electron chi connectivity index (χ3n) is 13.0. The van der Waals surface area contributed by atoms with Crippen molar-refractivity contribution >= 4 is 19.8 Å². The summed E-state index contributed by atoms with van der Waals surface area (Å²) in [5.41, 5.74) is 5.38. The first-order chi connectivity index (χ1) is 38.8. The van der Waals surface area contributed by atoms with E-state index in [1.54, 1.807) is 0 Å². The summed E-state index contributed by atoms with van der Waals surface area (Å²) in [6.07, 6.45) is 89.8. The maximum Gasteiger partial charge on any atom is 0.472 e. The molecule has 0 saturated carbocycles. The average molecular weight is 1120 g/mol. The van der Waals surface area contributed by atoms with E-state index in [2.05, 4.69) is 141 Å². The van der Waals surface area contributed by atoms with Crippen molar-refractivity contribution in [2.45, 2.75) is 264 Å². The van der Waals surface area contributed by atoms with E-state index in [0.29, 0.717) is 12.8 Å². The number of unbranched alkanes of at least 4 members (excludes halogenated alkanes) is 23. The molecule has 0 radical (unpaired) electrons. The Labute approximate surface area is 484 Å². The van der Waals surface area contributed by atoms with Gasteiger partial charge in [0.2, 0.25) is 0 Å². The van der Waals surface area contributed by atoms with Crippen molar-refractivity contribution < 1.29 is 37.6 Å². The van der Waals surface area contributed by atoms with Crippen LogP contribution in [0.2, 0.25) is 0 Å². The highest BCUT2D eigenvalue weighted by Crippen LogP contribution is 2.43. The summed E-state index contributed by atoms with van der Waals surface area (Å²) < 4.78 is 33.0. The smallest absolute Gasteiger partial charge is 0.462 e. The molecule has 0 saturated heterocycles. The number of nitrogens with two attached hydrogens (primary N) is 1. The number of rotatable bonds is 58. The van der Waals surface area contributed by atoms with Crippen LogP contribution in [-0.4, -0.2) is 49.3 Å². The molecule has 0 aromatic heterocycles. The molecule has 0 aromatic carbocycles. The van der Waals surface area contributed by atoms with Gasteiger partial charge in [-0.3, -0.25) is 18.6 Å². The van der Waals surface area contributed by atoms with Gasteiger partial charge < -0.3 is 20.1 Å². The molecular formula is C69H116NO8P. The first kappa shape index (κ1) is 75.2. The van der Waals surface area contributed by atoms with E-state index in [1.807, 2.05) is 6.08 Å². The van der Waals surface area contributed by atoms with Crippen LogP contribution >= 0.6 is 7.82 Å². The van der Waals surface area contributed by atoms with Gasteiger partial charge in [-0.2, -0.15) is 0 Å². The molecule has 0 heterocycles. The van der Waals surface area contributed by atoms with Crippen LogP contribution in [0.15, 0.2) is 134 Å². The van der Waals surface area contributed by atoms with E-state index in [0.717, 1.165) is 96.3 Å². The predicted octanol–water partition coefficient (Wildman–Crippen LogP) is 20.5.